The Morgan fingerprint density at radius 3 is 3.18 bits per heavy atom. The summed E-state index contributed by atoms with van der Waals surface area (Å²) in [7, 11) is 0. The van der Waals surface area contributed by atoms with Gasteiger partial charge in [0.2, 0.25) is 5.95 Å². The molecule has 0 radical (unpaired) electrons. The smallest absolute Gasteiger partial charge is 0.240 e. The molecule has 0 saturated carbocycles. The van der Waals surface area contributed by atoms with Gasteiger partial charge < -0.3 is 10.6 Å². The van der Waals surface area contributed by atoms with Gasteiger partial charge in [-0.3, -0.25) is 0 Å². The molecule has 1 aliphatic rings. The topological polar surface area (TPSA) is 59.5 Å². The first kappa shape index (κ1) is 10.4. The van der Waals surface area contributed by atoms with E-state index in [9.17, 15) is 0 Å². The Labute approximate surface area is 100 Å². The summed E-state index contributed by atoms with van der Waals surface area (Å²) in [6.07, 6.45) is 4.44. The van der Waals surface area contributed by atoms with E-state index < -0.39 is 0 Å². The summed E-state index contributed by atoms with van der Waals surface area (Å²) in [5.41, 5.74) is 7.66. The molecule has 2 aromatic heterocycles. The Morgan fingerprint density at radius 2 is 2.35 bits per heavy atom. The normalized spacial score (nSPS) is 21.0. The second-order valence-electron chi connectivity index (χ2n) is 4.83. The van der Waals surface area contributed by atoms with E-state index in [1.165, 1.54) is 12.8 Å². The number of nitrogens with zero attached hydrogens (tertiary/aromatic N) is 4. The number of rotatable bonds is 1. The van der Waals surface area contributed by atoms with E-state index in [-0.39, 0.29) is 0 Å². The van der Waals surface area contributed by atoms with Crippen LogP contribution in [0.5, 0.6) is 0 Å². The van der Waals surface area contributed by atoms with Gasteiger partial charge in [0.05, 0.1) is 5.69 Å². The molecular weight excluding hydrogens is 214 g/mol. The molecule has 1 fully saturated rings. The molecule has 5 nitrogen and oxygen atoms in total. The fourth-order valence-electron chi connectivity index (χ4n) is 2.56. The van der Waals surface area contributed by atoms with E-state index >= 15 is 0 Å². The molecule has 0 bridgehead atoms. The molecule has 17 heavy (non-hydrogen) atoms. The predicted molar refractivity (Wildman–Crippen MR) is 68.0 cm³/mol. The maximum atomic E-state index is 5.65. The van der Waals surface area contributed by atoms with Crippen LogP contribution in [0.25, 0.3) is 5.65 Å². The van der Waals surface area contributed by atoms with E-state index in [0.717, 1.165) is 30.3 Å². The molecule has 0 aliphatic carbocycles. The third-order valence-electron chi connectivity index (χ3n) is 3.36. The van der Waals surface area contributed by atoms with Crippen molar-refractivity contribution < 1.29 is 0 Å². The summed E-state index contributed by atoms with van der Waals surface area (Å²) >= 11 is 0. The zero-order valence-corrected chi connectivity index (χ0v) is 10.0. The molecule has 1 atom stereocenters. The van der Waals surface area contributed by atoms with Crippen LogP contribution in [0.15, 0.2) is 18.3 Å². The zero-order chi connectivity index (χ0) is 11.8. The van der Waals surface area contributed by atoms with Crippen LogP contribution in [0.1, 0.15) is 19.8 Å². The minimum atomic E-state index is 0.336. The van der Waals surface area contributed by atoms with Crippen molar-refractivity contribution in [1.82, 2.24) is 14.6 Å². The molecule has 0 spiro atoms. The average molecular weight is 231 g/mol. The highest BCUT2D eigenvalue weighted by Crippen LogP contribution is 2.26. The van der Waals surface area contributed by atoms with Crippen LogP contribution < -0.4 is 10.6 Å². The van der Waals surface area contributed by atoms with Crippen molar-refractivity contribution >= 4 is 17.3 Å². The van der Waals surface area contributed by atoms with E-state index in [0.29, 0.717) is 5.95 Å². The average Bonchev–Trinajstić information content (AvgIpc) is 2.68. The molecule has 90 valence electrons. The molecule has 1 unspecified atom stereocenters. The first-order valence-corrected chi connectivity index (χ1v) is 6.10. The van der Waals surface area contributed by atoms with Crippen LogP contribution in [0.3, 0.4) is 0 Å². The van der Waals surface area contributed by atoms with Crippen molar-refractivity contribution in [3.05, 3.63) is 18.3 Å². The molecule has 0 amide bonds. The number of anilines is 2. The minimum Gasteiger partial charge on any atom is -0.368 e. The van der Waals surface area contributed by atoms with Crippen LogP contribution in [0, 0.1) is 5.92 Å². The molecule has 3 rings (SSSR count). The van der Waals surface area contributed by atoms with E-state index in [2.05, 4.69) is 28.0 Å². The van der Waals surface area contributed by atoms with Crippen molar-refractivity contribution in [3.63, 3.8) is 0 Å². The lowest BCUT2D eigenvalue weighted by atomic mass is 10.00. The van der Waals surface area contributed by atoms with Crippen LogP contribution in [0.2, 0.25) is 0 Å². The number of hydrogen-bond donors (Lipinski definition) is 1. The third kappa shape index (κ3) is 1.81. The van der Waals surface area contributed by atoms with Crippen molar-refractivity contribution in [2.45, 2.75) is 19.8 Å². The van der Waals surface area contributed by atoms with Crippen LogP contribution in [0.4, 0.5) is 11.6 Å². The van der Waals surface area contributed by atoms with Crippen molar-refractivity contribution in [3.8, 4) is 0 Å². The first-order valence-electron chi connectivity index (χ1n) is 6.10. The maximum absolute atomic E-state index is 5.65. The maximum Gasteiger partial charge on any atom is 0.240 e. The van der Waals surface area contributed by atoms with Gasteiger partial charge >= 0.3 is 0 Å². The van der Waals surface area contributed by atoms with Crippen LogP contribution >= 0.6 is 0 Å². The first-order chi connectivity index (χ1) is 8.24. The standard InChI is InChI=1S/C12H17N5/c1-9-4-2-6-16(8-9)10-5-3-7-17-11(10)14-12(13)15-17/h3,5,7,9H,2,4,6,8H2,1H3,(H2,13,15). The van der Waals surface area contributed by atoms with Crippen molar-refractivity contribution in [2.75, 3.05) is 23.7 Å². The van der Waals surface area contributed by atoms with Crippen LogP contribution in [-0.4, -0.2) is 27.7 Å². The molecule has 3 heterocycles. The molecule has 2 aromatic rings. The number of hydrogen-bond acceptors (Lipinski definition) is 4. The van der Waals surface area contributed by atoms with E-state index in [1.54, 1.807) is 4.52 Å². The van der Waals surface area contributed by atoms with Gasteiger partial charge in [0.1, 0.15) is 0 Å². The van der Waals surface area contributed by atoms with Gasteiger partial charge in [-0.05, 0) is 30.9 Å². The van der Waals surface area contributed by atoms with Crippen molar-refractivity contribution in [2.24, 2.45) is 5.92 Å². The Hall–Kier alpha value is -1.78. The Balaban J connectivity index is 2.04. The fourth-order valence-corrected chi connectivity index (χ4v) is 2.56. The van der Waals surface area contributed by atoms with Gasteiger partial charge in [-0.15, -0.1) is 5.10 Å². The summed E-state index contributed by atoms with van der Waals surface area (Å²) in [5.74, 6) is 1.08. The highest BCUT2D eigenvalue weighted by atomic mass is 15.3. The van der Waals surface area contributed by atoms with Gasteiger partial charge in [-0.1, -0.05) is 6.92 Å². The number of piperidine rings is 1. The Morgan fingerprint density at radius 1 is 1.47 bits per heavy atom. The van der Waals surface area contributed by atoms with Gasteiger partial charge in [-0.2, -0.15) is 4.98 Å². The van der Waals surface area contributed by atoms with Crippen molar-refractivity contribution in [1.29, 1.82) is 0 Å². The summed E-state index contributed by atoms with van der Waals surface area (Å²) in [6.45, 7) is 4.48. The molecule has 1 saturated heterocycles. The number of fused-ring (bicyclic) bond motifs is 1. The number of pyridine rings is 1. The summed E-state index contributed by atoms with van der Waals surface area (Å²) < 4.78 is 1.75. The third-order valence-corrected chi connectivity index (χ3v) is 3.36. The second-order valence-corrected chi connectivity index (χ2v) is 4.83. The quantitative estimate of drug-likeness (QED) is 0.809. The fraction of sp³-hybridized carbons (Fsp3) is 0.500. The van der Waals surface area contributed by atoms with Gasteiger partial charge in [0.15, 0.2) is 5.65 Å². The summed E-state index contributed by atoms with van der Waals surface area (Å²) in [5, 5.41) is 4.14. The molecule has 0 aromatic carbocycles. The van der Waals surface area contributed by atoms with E-state index in [1.807, 2.05) is 12.3 Å². The summed E-state index contributed by atoms with van der Waals surface area (Å²) in [6, 6.07) is 4.09. The zero-order valence-electron chi connectivity index (χ0n) is 10.0. The molecular formula is C12H17N5. The van der Waals surface area contributed by atoms with Gasteiger partial charge in [0.25, 0.3) is 0 Å². The lowest BCUT2D eigenvalue weighted by Crippen LogP contribution is -2.34. The number of nitrogens with two attached hydrogens (primary N) is 1. The molecule has 5 heteroatoms. The Kier molecular flexibility index (Phi) is 2.39. The Bertz CT molecular complexity index is 533. The second kappa shape index (κ2) is 3.91. The van der Waals surface area contributed by atoms with Gasteiger partial charge in [0, 0.05) is 19.3 Å². The highest BCUT2D eigenvalue weighted by Gasteiger charge is 2.19. The summed E-state index contributed by atoms with van der Waals surface area (Å²) in [4.78, 5) is 6.69. The predicted octanol–water partition coefficient (Wildman–Crippen LogP) is 1.55. The van der Waals surface area contributed by atoms with Gasteiger partial charge in [-0.25, -0.2) is 4.52 Å². The highest BCUT2D eigenvalue weighted by molar-refractivity contribution is 5.69. The monoisotopic (exact) mass is 231 g/mol. The van der Waals surface area contributed by atoms with E-state index in [4.69, 9.17) is 5.73 Å². The minimum absolute atomic E-state index is 0.336. The lowest BCUT2D eigenvalue weighted by Gasteiger charge is -2.32. The lowest BCUT2D eigenvalue weighted by molar-refractivity contribution is 0.447. The largest absolute Gasteiger partial charge is 0.368 e. The molecule has 1 aliphatic heterocycles. The number of nitrogen functional groups attached to an aromatic ring is 1. The molecule has 2 N–H and O–H groups in total. The number of aromatic nitrogens is 3. The van der Waals surface area contributed by atoms with Crippen LogP contribution in [-0.2, 0) is 0 Å². The SMILES string of the molecule is CC1CCCN(c2cccn3nc(N)nc23)C1.